The largest absolute Gasteiger partial charge is 0.336 e. The summed E-state index contributed by atoms with van der Waals surface area (Å²) in [5, 5.41) is 0. The molecule has 64 valence electrons. The molecule has 0 aliphatic rings. The van der Waals surface area contributed by atoms with Gasteiger partial charge in [-0.2, -0.15) is 0 Å². The fourth-order valence-electron chi connectivity index (χ4n) is 0.808. The van der Waals surface area contributed by atoms with Gasteiger partial charge in [0.1, 0.15) is 11.6 Å². The molecule has 0 amide bonds. The van der Waals surface area contributed by atoms with Crippen LogP contribution in [0.4, 0.5) is 0 Å². The fraction of sp³-hybridized carbons (Fsp3) is 0.667. The molecule has 0 aromatic carbocycles. The van der Waals surface area contributed by atoms with E-state index < -0.39 is 0 Å². The monoisotopic (exact) mass is 155 g/mol. The highest BCUT2D eigenvalue weighted by molar-refractivity contribution is 5.86. The van der Waals surface area contributed by atoms with Gasteiger partial charge in [0.25, 0.3) is 0 Å². The maximum absolute atomic E-state index is 10.9. The first-order valence-electron chi connectivity index (χ1n) is 4.03. The third-order valence-electron chi connectivity index (χ3n) is 1.49. The van der Waals surface area contributed by atoms with Gasteiger partial charge in [0.15, 0.2) is 0 Å². The van der Waals surface area contributed by atoms with Crippen molar-refractivity contribution in [2.45, 2.75) is 39.0 Å². The molecule has 0 bridgehead atoms. The molecule has 0 saturated heterocycles. The molecule has 0 heterocycles. The summed E-state index contributed by atoms with van der Waals surface area (Å²) in [5.41, 5.74) is 0. The lowest BCUT2D eigenvalue weighted by Crippen LogP contribution is -2.02. The quantitative estimate of drug-likeness (QED) is 0.549. The first-order chi connectivity index (χ1) is 5.20. The Morgan fingerprint density at radius 3 is 2.09 bits per heavy atom. The molecule has 0 saturated carbocycles. The van der Waals surface area contributed by atoms with E-state index in [-0.39, 0.29) is 11.6 Å². The lowest BCUT2D eigenvalue weighted by atomic mass is 10.1. The summed E-state index contributed by atoms with van der Waals surface area (Å²) in [6.45, 7) is 5.41. The summed E-state index contributed by atoms with van der Waals surface area (Å²) in [5.74, 6) is 0.267. The van der Waals surface area contributed by atoms with E-state index in [1.165, 1.54) is 0 Å². The number of hydrogen-bond acceptors (Lipinski definition) is 2. The van der Waals surface area contributed by atoms with Crippen molar-refractivity contribution in [3.05, 3.63) is 6.92 Å². The molecule has 0 spiro atoms. The Morgan fingerprint density at radius 2 is 1.64 bits per heavy atom. The Labute approximate surface area is 68.0 Å². The summed E-state index contributed by atoms with van der Waals surface area (Å²) in [4.78, 5) is 21.6. The van der Waals surface area contributed by atoms with Gasteiger partial charge < -0.3 is 11.7 Å². The molecular weight excluding hydrogens is 140 g/mol. The predicted molar refractivity (Wildman–Crippen MR) is 44.1 cm³/mol. The van der Waals surface area contributed by atoms with E-state index in [0.717, 1.165) is 6.42 Å². The van der Waals surface area contributed by atoms with Crippen LogP contribution in [0.5, 0.6) is 0 Å². The van der Waals surface area contributed by atoms with Crippen LogP contribution in [0.15, 0.2) is 0 Å². The van der Waals surface area contributed by atoms with Crippen molar-refractivity contribution < 1.29 is 9.59 Å². The van der Waals surface area contributed by atoms with Crippen molar-refractivity contribution in [1.82, 2.24) is 0 Å². The Balaban J connectivity index is 3.38. The Bertz CT molecular complexity index is 138. The molecule has 0 unspecified atom stereocenters. The number of carbonyl (C=O) groups is 2. The van der Waals surface area contributed by atoms with Crippen molar-refractivity contribution in [3.63, 3.8) is 0 Å². The zero-order valence-corrected chi connectivity index (χ0v) is 7.06. The molecule has 0 N–H and O–H groups in total. The number of ketones is 2. The van der Waals surface area contributed by atoms with Crippen LogP contribution in [-0.4, -0.2) is 11.6 Å². The van der Waals surface area contributed by atoms with Gasteiger partial charge in [0.05, 0.1) is 0 Å². The zero-order chi connectivity index (χ0) is 8.69. The first-order valence-corrected chi connectivity index (χ1v) is 4.03. The van der Waals surface area contributed by atoms with E-state index in [0.29, 0.717) is 25.7 Å². The number of carbonyl (C=O) groups excluding carboxylic acids is 2. The van der Waals surface area contributed by atoms with E-state index in [9.17, 15) is 9.59 Å². The van der Waals surface area contributed by atoms with Gasteiger partial charge in [-0.05, 0) is 6.42 Å². The van der Waals surface area contributed by atoms with Gasteiger partial charge in [-0.1, -0.05) is 6.92 Å². The summed E-state index contributed by atoms with van der Waals surface area (Å²) < 4.78 is 0. The molecule has 0 fully saturated rings. The molecule has 2 nitrogen and oxygen atoms in total. The Kier molecular flexibility index (Phi) is 5.71. The van der Waals surface area contributed by atoms with Crippen LogP contribution in [0.1, 0.15) is 39.0 Å². The second-order valence-electron chi connectivity index (χ2n) is 2.58. The smallest absolute Gasteiger partial charge is 0.133 e. The van der Waals surface area contributed by atoms with E-state index in [4.69, 9.17) is 0 Å². The van der Waals surface area contributed by atoms with E-state index in [1.54, 1.807) is 0 Å². The normalized spacial score (nSPS) is 9.64. The summed E-state index contributed by atoms with van der Waals surface area (Å²) in [7, 11) is 0. The summed E-state index contributed by atoms with van der Waals surface area (Å²) in [6.07, 6.45) is 2.56. The van der Waals surface area contributed by atoms with E-state index >= 15 is 0 Å². The van der Waals surface area contributed by atoms with Crippen LogP contribution < -0.4 is 0 Å². The molecule has 0 aliphatic carbocycles. The highest BCUT2D eigenvalue weighted by Gasteiger charge is 2.01. The Hall–Kier alpha value is -0.660. The molecule has 11 heavy (non-hydrogen) atoms. The summed E-state index contributed by atoms with van der Waals surface area (Å²) >= 11 is 0. The van der Waals surface area contributed by atoms with Crippen LogP contribution in [0, 0.1) is 6.92 Å². The van der Waals surface area contributed by atoms with Gasteiger partial charge in [-0.3, -0.25) is 4.79 Å². The second kappa shape index (κ2) is 6.08. The van der Waals surface area contributed by atoms with Crippen LogP contribution in [0.3, 0.4) is 0 Å². The van der Waals surface area contributed by atoms with Crippen molar-refractivity contribution in [3.8, 4) is 0 Å². The molecule has 0 radical (unpaired) electrons. The minimum absolute atomic E-state index is 0.0782. The minimum atomic E-state index is 0.0782. The van der Waals surface area contributed by atoms with E-state index in [1.807, 2.05) is 6.92 Å². The zero-order valence-electron chi connectivity index (χ0n) is 7.06. The highest BCUT2D eigenvalue weighted by Crippen LogP contribution is 2.00. The molecule has 0 rings (SSSR count). The third kappa shape index (κ3) is 5.77. The topological polar surface area (TPSA) is 34.1 Å². The van der Waals surface area contributed by atoms with Gasteiger partial charge in [0.2, 0.25) is 0 Å². The van der Waals surface area contributed by atoms with Gasteiger partial charge in [-0.25, -0.2) is 0 Å². The highest BCUT2D eigenvalue weighted by atomic mass is 16.1. The SMILES string of the molecule is [CH2-]CC(=O)CCC(=O)CCC. The number of hydrogen-bond donors (Lipinski definition) is 0. The van der Waals surface area contributed by atoms with Crippen molar-refractivity contribution in [2.24, 2.45) is 0 Å². The summed E-state index contributed by atoms with van der Waals surface area (Å²) in [6, 6.07) is 0. The van der Waals surface area contributed by atoms with E-state index in [2.05, 4.69) is 6.92 Å². The lowest BCUT2D eigenvalue weighted by molar-refractivity contribution is -0.123. The average Bonchev–Trinajstić information content (AvgIpc) is 2.01. The minimum Gasteiger partial charge on any atom is -0.336 e. The van der Waals surface area contributed by atoms with Crippen molar-refractivity contribution in [2.75, 3.05) is 0 Å². The average molecular weight is 155 g/mol. The predicted octanol–water partition coefficient (Wildman–Crippen LogP) is 1.93. The van der Waals surface area contributed by atoms with Gasteiger partial charge in [0, 0.05) is 19.3 Å². The first kappa shape index (κ1) is 10.3. The Morgan fingerprint density at radius 1 is 1.09 bits per heavy atom. The molecule has 0 aromatic rings. The van der Waals surface area contributed by atoms with Crippen LogP contribution in [-0.2, 0) is 9.59 Å². The molecule has 0 aromatic heterocycles. The molecule has 2 heteroatoms. The fourth-order valence-corrected chi connectivity index (χ4v) is 0.808. The van der Waals surface area contributed by atoms with Gasteiger partial charge in [-0.15, -0.1) is 6.42 Å². The lowest BCUT2D eigenvalue weighted by Gasteiger charge is -1.98. The second-order valence-corrected chi connectivity index (χ2v) is 2.58. The van der Waals surface area contributed by atoms with Crippen LogP contribution in [0.25, 0.3) is 0 Å². The van der Waals surface area contributed by atoms with Crippen molar-refractivity contribution >= 4 is 11.6 Å². The van der Waals surface area contributed by atoms with Crippen LogP contribution >= 0.6 is 0 Å². The van der Waals surface area contributed by atoms with Crippen molar-refractivity contribution in [1.29, 1.82) is 0 Å². The maximum Gasteiger partial charge on any atom is 0.133 e. The molecule has 0 atom stereocenters. The third-order valence-corrected chi connectivity index (χ3v) is 1.49. The van der Waals surface area contributed by atoms with Gasteiger partial charge >= 0.3 is 0 Å². The molecule has 0 aliphatic heterocycles. The van der Waals surface area contributed by atoms with Crippen LogP contribution in [0.2, 0.25) is 0 Å². The number of rotatable bonds is 6. The number of Topliss-reactive ketones (excluding diaryl/α,β-unsaturated/α-hetero) is 2. The maximum atomic E-state index is 10.9. The standard InChI is InChI=1S/C9H15O2/c1-3-5-9(11)7-6-8(10)4-2/h2-7H2,1H3/q-1. The molecular formula is C9H15O2-.